The number of benzene rings is 2. The second kappa shape index (κ2) is 4.74. The lowest BCUT2D eigenvalue weighted by Gasteiger charge is -2.11. The molecule has 0 spiro atoms. The molecule has 0 aliphatic rings. The Labute approximate surface area is 98.6 Å². The molecule has 0 aliphatic carbocycles. The van der Waals surface area contributed by atoms with Crippen LogP contribution in [0, 0.1) is 5.82 Å². The van der Waals surface area contributed by atoms with Crippen molar-refractivity contribution in [1.82, 2.24) is 0 Å². The van der Waals surface area contributed by atoms with Crippen LogP contribution in [0.3, 0.4) is 0 Å². The van der Waals surface area contributed by atoms with Crippen molar-refractivity contribution < 1.29 is 13.9 Å². The van der Waals surface area contributed by atoms with Crippen LogP contribution in [0.25, 0.3) is 0 Å². The van der Waals surface area contributed by atoms with Crippen LogP contribution in [-0.2, 0) is 0 Å². The summed E-state index contributed by atoms with van der Waals surface area (Å²) in [5.74, 6) is 0.565. The maximum absolute atomic E-state index is 13.4. The van der Waals surface area contributed by atoms with Gasteiger partial charge in [-0.1, -0.05) is 18.2 Å². The summed E-state index contributed by atoms with van der Waals surface area (Å²) in [6.45, 7) is 0. The minimum absolute atomic E-state index is 0.132. The summed E-state index contributed by atoms with van der Waals surface area (Å²) in [5.41, 5.74) is 6.16. The Kier molecular flexibility index (Phi) is 3.14. The lowest BCUT2D eigenvalue weighted by Crippen LogP contribution is -1.96. The lowest BCUT2D eigenvalue weighted by atomic mass is 10.2. The number of hydrogen-bond acceptors (Lipinski definition) is 3. The molecule has 0 saturated heterocycles. The van der Waals surface area contributed by atoms with Gasteiger partial charge in [0.05, 0.1) is 7.11 Å². The number of methoxy groups -OCH3 is 1. The molecular weight excluding hydrogens is 221 g/mol. The molecule has 88 valence electrons. The zero-order valence-corrected chi connectivity index (χ0v) is 9.31. The molecule has 0 unspecified atom stereocenters. The van der Waals surface area contributed by atoms with Crippen LogP contribution >= 0.6 is 0 Å². The van der Waals surface area contributed by atoms with Crippen LogP contribution in [0.4, 0.5) is 10.1 Å². The Morgan fingerprint density at radius 2 is 1.59 bits per heavy atom. The van der Waals surface area contributed by atoms with Crippen molar-refractivity contribution in [2.45, 2.75) is 0 Å². The van der Waals surface area contributed by atoms with Gasteiger partial charge in [-0.15, -0.1) is 0 Å². The lowest BCUT2D eigenvalue weighted by molar-refractivity contribution is 0.409. The molecule has 0 heterocycles. The zero-order chi connectivity index (χ0) is 12.3. The minimum atomic E-state index is -0.435. The van der Waals surface area contributed by atoms with Gasteiger partial charge in [-0.2, -0.15) is 0 Å². The van der Waals surface area contributed by atoms with Crippen LogP contribution in [0.2, 0.25) is 0 Å². The summed E-state index contributed by atoms with van der Waals surface area (Å²) in [6.07, 6.45) is 0. The van der Waals surface area contributed by atoms with E-state index in [4.69, 9.17) is 15.2 Å². The molecular formula is C13H12FNO2. The molecule has 0 saturated carbocycles. The van der Waals surface area contributed by atoms with Crippen LogP contribution in [-0.4, -0.2) is 7.11 Å². The average molecular weight is 233 g/mol. The fourth-order valence-electron chi connectivity index (χ4n) is 1.44. The number of para-hydroxylation sites is 2. The van der Waals surface area contributed by atoms with Gasteiger partial charge >= 0.3 is 0 Å². The molecule has 0 aliphatic heterocycles. The Balaban J connectivity index is 2.34. The Bertz CT molecular complexity index is 529. The Morgan fingerprint density at radius 3 is 2.29 bits per heavy atom. The molecule has 2 aromatic carbocycles. The molecule has 0 aromatic heterocycles. The number of rotatable bonds is 3. The number of anilines is 1. The zero-order valence-electron chi connectivity index (χ0n) is 9.31. The first-order valence-corrected chi connectivity index (χ1v) is 5.07. The molecule has 0 atom stereocenters. The molecule has 3 nitrogen and oxygen atoms in total. The van der Waals surface area contributed by atoms with E-state index in [-0.39, 0.29) is 5.75 Å². The van der Waals surface area contributed by atoms with Crippen molar-refractivity contribution in [3.05, 3.63) is 48.3 Å². The summed E-state index contributed by atoms with van der Waals surface area (Å²) in [5, 5.41) is 0. The Morgan fingerprint density at radius 1 is 0.941 bits per heavy atom. The summed E-state index contributed by atoms with van der Waals surface area (Å²) < 4.78 is 23.8. The second-order valence-electron chi connectivity index (χ2n) is 3.40. The normalized spacial score (nSPS) is 10.0. The van der Waals surface area contributed by atoms with E-state index in [2.05, 4.69) is 0 Å². The van der Waals surface area contributed by atoms with E-state index < -0.39 is 5.82 Å². The SMILES string of the molecule is COc1cccc(Oc2ccccc2F)c1N. The second-order valence-corrected chi connectivity index (χ2v) is 3.40. The molecule has 2 rings (SSSR count). The predicted molar refractivity (Wildman–Crippen MR) is 63.9 cm³/mol. The maximum Gasteiger partial charge on any atom is 0.165 e. The van der Waals surface area contributed by atoms with Gasteiger partial charge in [-0.25, -0.2) is 4.39 Å². The van der Waals surface area contributed by atoms with Crippen molar-refractivity contribution >= 4 is 5.69 Å². The van der Waals surface area contributed by atoms with Crippen LogP contribution in [0.5, 0.6) is 17.2 Å². The molecule has 2 aromatic rings. The largest absolute Gasteiger partial charge is 0.494 e. The highest BCUT2D eigenvalue weighted by atomic mass is 19.1. The van der Waals surface area contributed by atoms with E-state index in [0.29, 0.717) is 17.2 Å². The molecule has 17 heavy (non-hydrogen) atoms. The quantitative estimate of drug-likeness (QED) is 0.828. The fraction of sp³-hybridized carbons (Fsp3) is 0.0769. The number of nitrogen functional groups attached to an aromatic ring is 1. The highest BCUT2D eigenvalue weighted by Crippen LogP contribution is 2.34. The van der Waals surface area contributed by atoms with Crippen molar-refractivity contribution in [2.75, 3.05) is 12.8 Å². The average Bonchev–Trinajstić information content (AvgIpc) is 2.34. The van der Waals surface area contributed by atoms with Crippen molar-refractivity contribution in [3.8, 4) is 17.2 Å². The maximum atomic E-state index is 13.4. The van der Waals surface area contributed by atoms with Gasteiger partial charge in [0.15, 0.2) is 17.3 Å². The van der Waals surface area contributed by atoms with Gasteiger partial charge in [0.2, 0.25) is 0 Å². The van der Waals surface area contributed by atoms with E-state index in [1.54, 1.807) is 30.3 Å². The number of ether oxygens (including phenoxy) is 2. The first-order chi connectivity index (χ1) is 8.22. The third kappa shape index (κ3) is 2.30. The van der Waals surface area contributed by atoms with E-state index in [1.165, 1.54) is 19.2 Å². The monoisotopic (exact) mass is 233 g/mol. The highest BCUT2D eigenvalue weighted by molar-refractivity contribution is 5.63. The van der Waals surface area contributed by atoms with Gasteiger partial charge in [0.25, 0.3) is 0 Å². The van der Waals surface area contributed by atoms with E-state index in [0.717, 1.165) is 0 Å². The van der Waals surface area contributed by atoms with Gasteiger partial charge in [-0.05, 0) is 24.3 Å². The smallest absolute Gasteiger partial charge is 0.165 e. The van der Waals surface area contributed by atoms with Gasteiger partial charge < -0.3 is 15.2 Å². The van der Waals surface area contributed by atoms with Crippen molar-refractivity contribution in [1.29, 1.82) is 0 Å². The third-order valence-electron chi connectivity index (χ3n) is 2.30. The summed E-state index contributed by atoms with van der Waals surface area (Å²) >= 11 is 0. The molecule has 4 heteroatoms. The van der Waals surface area contributed by atoms with E-state index >= 15 is 0 Å². The third-order valence-corrected chi connectivity index (χ3v) is 2.30. The van der Waals surface area contributed by atoms with Gasteiger partial charge in [-0.3, -0.25) is 0 Å². The molecule has 0 radical (unpaired) electrons. The van der Waals surface area contributed by atoms with Gasteiger partial charge in [0.1, 0.15) is 11.4 Å². The standard InChI is InChI=1S/C13H12FNO2/c1-16-11-7-4-8-12(13(11)15)17-10-6-3-2-5-9(10)14/h2-8H,15H2,1H3. The topological polar surface area (TPSA) is 44.5 Å². The summed E-state index contributed by atoms with van der Waals surface area (Å²) in [4.78, 5) is 0. The van der Waals surface area contributed by atoms with Crippen LogP contribution in [0.15, 0.2) is 42.5 Å². The van der Waals surface area contributed by atoms with Crippen LogP contribution in [0.1, 0.15) is 0 Å². The number of nitrogens with two attached hydrogens (primary N) is 1. The predicted octanol–water partition coefficient (Wildman–Crippen LogP) is 3.21. The van der Waals surface area contributed by atoms with E-state index in [1.807, 2.05) is 0 Å². The molecule has 2 N–H and O–H groups in total. The first-order valence-electron chi connectivity index (χ1n) is 5.07. The molecule has 0 amide bonds. The summed E-state index contributed by atoms with van der Waals surface area (Å²) in [7, 11) is 1.51. The first kappa shape index (κ1) is 11.3. The summed E-state index contributed by atoms with van der Waals surface area (Å²) in [6, 6.07) is 11.2. The van der Waals surface area contributed by atoms with Crippen molar-refractivity contribution in [2.24, 2.45) is 0 Å². The highest BCUT2D eigenvalue weighted by Gasteiger charge is 2.09. The minimum Gasteiger partial charge on any atom is -0.494 e. The van der Waals surface area contributed by atoms with Gasteiger partial charge in [0, 0.05) is 0 Å². The Hall–Kier alpha value is -2.23. The molecule has 0 bridgehead atoms. The number of hydrogen-bond donors (Lipinski definition) is 1. The molecule has 0 fully saturated rings. The number of halogens is 1. The van der Waals surface area contributed by atoms with Crippen molar-refractivity contribution in [3.63, 3.8) is 0 Å². The fourth-order valence-corrected chi connectivity index (χ4v) is 1.44. The van der Waals surface area contributed by atoms with E-state index in [9.17, 15) is 4.39 Å². The van der Waals surface area contributed by atoms with Crippen LogP contribution < -0.4 is 15.2 Å².